The number of aryl methyl sites for hydroxylation is 1. The van der Waals surface area contributed by atoms with Gasteiger partial charge in [0, 0.05) is 17.8 Å². The number of hydrogen-bond acceptors (Lipinski definition) is 3. The molecule has 0 spiro atoms. The van der Waals surface area contributed by atoms with Gasteiger partial charge in [0.15, 0.2) is 11.6 Å². The van der Waals surface area contributed by atoms with Crippen LogP contribution in [0, 0.1) is 12.3 Å². The molecule has 0 radical (unpaired) electrons. The molecule has 2 aromatic rings. The van der Waals surface area contributed by atoms with Crippen molar-refractivity contribution < 1.29 is 14.4 Å². The molecule has 142 valence electrons. The fourth-order valence-electron chi connectivity index (χ4n) is 4.19. The van der Waals surface area contributed by atoms with Gasteiger partial charge >= 0.3 is 0 Å². The quantitative estimate of drug-likeness (QED) is 0.581. The van der Waals surface area contributed by atoms with Crippen LogP contribution in [0.25, 0.3) is 0 Å². The van der Waals surface area contributed by atoms with E-state index in [1.165, 1.54) is 0 Å². The highest BCUT2D eigenvalue weighted by Crippen LogP contribution is 2.45. The molecule has 28 heavy (non-hydrogen) atoms. The lowest BCUT2D eigenvalue weighted by molar-refractivity contribution is -0.130. The number of rotatable bonds is 2. The predicted molar refractivity (Wildman–Crippen MR) is 108 cm³/mol. The lowest BCUT2D eigenvalue weighted by Crippen LogP contribution is -2.48. The van der Waals surface area contributed by atoms with E-state index in [-0.39, 0.29) is 28.5 Å². The largest absolute Gasteiger partial charge is 0.294 e. The smallest absolute Gasteiger partial charge is 0.246 e. The van der Waals surface area contributed by atoms with Crippen LogP contribution < -0.4 is 4.90 Å². The number of allylic oxidation sites excluding steroid dienone is 2. The summed E-state index contributed by atoms with van der Waals surface area (Å²) < 4.78 is 0. The van der Waals surface area contributed by atoms with Crippen molar-refractivity contribution in [3.8, 4) is 0 Å². The number of amides is 1. The van der Waals surface area contributed by atoms with E-state index < -0.39 is 5.92 Å². The highest BCUT2D eigenvalue weighted by Gasteiger charge is 2.48. The van der Waals surface area contributed by atoms with Crippen LogP contribution in [0.15, 0.2) is 65.9 Å². The summed E-state index contributed by atoms with van der Waals surface area (Å²) >= 11 is 0. The minimum absolute atomic E-state index is 0.165. The van der Waals surface area contributed by atoms with Crippen molar-refractivity contribution in [1.82, 2.24) is 0 Å². The first-order valence-corrected chi connectivity index (χ1v) is 9.55. The van der Waals surface area contributed by atoms with Crippen LogP contribution in [0.3, 0.4) is 0 Å². The molecule has 2 aliphatic rings. The van der Waals surface area contributed by atoms with Gasteiger partial charge in [0.05, 0.1) is 5.57 Å². The van der Waals surface area contributed by atoms with Crippen LogP contribution in [-0.2, 0) is 14.4 Å². The second-order valence-corrected chi connectivity index (χ2v) is 8.48. The normalized spacial score (nSPS) is 21.8. The van der Waals surface area contributed by atoms with Crippen molar-refractivity contribution in [2.75, 3.05) is 4.90 Å². The molecule has 1 unspecified atom stereocenters. The number of nitrogens with zero attached hydrogens (tertiary/aromatic N) is 1. The number of hydrogen-bond donors (Lipinski definition) is 0. The first-order chi connectivity index (χ1) is 13.3. The van der Waals surface area contributed by atoms with Crippen molar-refractivity contribution in [3.05, 3.63) is 77.0 Å². The van der Waals surface area contributed by atoms with Crippen LogP contribution >= 0.6 is 0 Å². The zero-order valence-electron chi connectivity index (χ0n) is 16.4. The fraction of sp³-hybridized carbons (Fsp3) is 0.292. The van der Waals surface area contributed by atoms with E-state index in [9.17, 15) is 14.4 Å². The first kappa shape index (κ1) is 18.4. The van der Waals surface area contributed by atoms with Crippen LogP contribution in [0.4, 0.5) is 5.69 Å². The van der Waals surface area contributed by atoms with Crippen molar-refractivity contribution in [3.63, 3.8) is 0 Å². The molecule has 0 bridgehead atoms. The summed E-state index contributed by atoms with van der Waals surface area (Å²) in [6.07, 6.45) is 0.829. The van der Waals surface area contributed by atoms with Gasteiger partial charge in [-0.1, -0.05) is 61.9 Å². The third kappa shape index (κ3) is 2.99. The average molecular weight is 373 g/mol. The zero-order valence-corrected chi connectivity index (χ0v) is 16.4. The van der Waals surface area contributed by atoms with Gasteiger partial charge in [0.25, 0.3) is 0 Å². The SMILES string of the molecule is Cc1ccc(N2C(=O)C(c3ccccc3)C(=O)C3=C2CC(C)(C)CC3=O)cc1. The molecule has 1 heterocycles. The number of carbonyl (C=O) groups excluding carboxylic acids is 3. The Labute approximate surface area is 164 Å². The molecule has 0 fully saturated rings. The lowest BCUT2D eigenvalue weighted by Gasteiger charge is -2.41. The molecule has 0 saturated carbocycles. The van der Waals surface area contributed by atoms with E-state index in [2.05, 4.69) is 0 Å². The molecule has 4 nitrogen and oxygen atoms in total. The summed E-state index contributed by atoms with van der Waals surface area (Å²) in [6.45, 7) is 5.98. The van der Waals surface area contributed by atoms with Crippen molar-refractivity contribution in [2.45, 2.75) is 39.5 Å². The van der Waals surface area contributed by atoms with E-state index in [4.69, 9.17) is 0 Å². The van der Waals surface area contributed by atoms with E-state index >= 15 is 0 Å². The number of carbonyl (C=O) groups is 3. The summed E-state index contributed by atoms with van der Waals surface area (Å²) in [4.78, 5) is 41.4. The highest BCUT2D eigenvalue weighted by atomic mass is 16.2. The fourth-order valence-corrected chi connectivity index (χ4v) is 4.19. The second kappa shape index (κ2) is 6.55. The molecular weight excluding hydrogens is 350 g/mol. The summed E-state index contributed by atoms with van der Waals surface area (Å²) in [5, 5.41) is 0. The van der Waals surface area contributed by atoms with E-state index in [0.717, 1.165) is 5.56 Å². The van der Waals surface area contributed by atoms with E-state index in [0.29, 0.717) is 29.8 Å². The van der Waals surface area contributed by atoms with Crippen molar-refractivity contribution in [1.29, 1.82) is 0 Å². The number of benzene rings is 2. The average Bonchev–Trinajstić information content (AvgIpc) is 2.62. The van der Waals surface area contributed by atoms with Gasteiger partial charge < -0.3 is 0 Å². The summed E-state index contributed by atoms with van der Waals surface area (Å²) in [6, 6.07) is 16.6. The maximum atomic E-state index is 13.6. The van der Waals surface area contributed by atoms with Crippen molar-refractivity contribution >= 4 is 23.2 Å². The molecule has 4 rings (SSSR count). The number of Topliss-reactive ketones (excluding diaryl/α,β-unsaturated/α-hetero) is 2. The minimum Gasteiger partial charge on any atom is -0.294 e. The highest BCUT2D eigenvalue weighted by molar-refractivity contribution is 6.33. The Kier molecular flexibility index (Phi) is 4.30. The Balaban J connectivity index is 1.93. The van der Waals surface area contributed by atoms with Gasteiger partial charge in [-0.15, -0.1) is 0 Å². The Bertz CT molecular complexity index is 1000. The third-order valence-electron chi connectivity index (χ3n) is 5.52. The summed E-state index contributed by atoms with van der Waals surface area (Å²) in [7, 11) is 0. The molecule has 1 aliphatic heterocycles. The Morgan fingerprint density at radius 1 is 0.893 bits per heavy atom. The van der Waals surface area contributed by atoms with Gasteiger partial charge in [-0.25, -0.2) is 0 Å². The molecule has 0 N–H and O–H groups in total. The number of anilines is 1. The molecule has 4 heteroatoms. The Hall–Kier alpha value is -3.01. The van der Waals surface area contributed by atoms with E-state index in [1.54, 1.807) is 17.0 Å². The predicted octanol–water partition coefficient (Wildman–Crippen LogP) is 4.34. The Morgan fingerprint density at radius 2 is 1.54 bits per heavy atom. The Morgan fingerprint density at radius 3 is 2.18 bits per heavy atom. The second-order valence-electron chi connectivity index (χ2n) is 8.48. The van der Waals surface area contributed by atoms with E-state index in [1.807, 2.05) is 63.2 Å². The third-order valence-corrected chi connectivity index (χ3v) is 5.52. The topological polar surface area (TPSA) is 54.5 Å². The minimum atomic E-state index is -0.980. The molecular formula is C24H23NO3. The molecule has 1 aliphatic carbocycles. The molecule has 2 aromatic carbocycles. The van der Waals surface area contributed by atoms with Crippen LogP contribution in [0.1, 0.15) is 43.7 Å². The van der Waals surface area contributed by atoms with Crippen molar-refractivity contribution in [2.24, 2.45) is 5.41 Å². The van der Waals surface area contributed by atoms with Gasteiger partial charge in [-0.2, -0.15) is 0 Å². The molecule has 0 aromatic heterocycles. The molecule has 1 amide bonds. The molecule has 0 saturated heterocycles. The van der Waals surface area contributed by atoms with Gasteiger partial charge in [0.2, 0.25) is 5.91 Å². The first-order valence-electron chi connectivity index (χ1n) is 9.55. The summed E-state index contributed by atoms with van der Waals surface area (Å²) in [5.41, 5.74) is 2.86. The zero-order chi connectivity index (χ0) is 20.1. The van der Waals surface area contributed by atoms with Crippen LogP contribution in [0.5, 0.6) is 0 Å². The van der Waals surface area contributed by atoms with Crippen LogP contribution in [0.2, 0.25) is 0 Å². The van der Waals surface area contributed by atoms with Gasteiger partial charge in [0.1, 0.15) is 5.92 Å². The summed E-state index contributed by atoms with van der Waals surface area (Å²) in [5.74, 6) is -1.80. The number of ketones is 2. The van der Waals surface area contributed by atoms with Gasteiger partial charge in [-0.3, -0.25) is 19.3 Å². The molecule has 1 atom stereocenters. The van der Waals surface area contributed by atoms with Crippen LogP contribution in [-0.4, -0.2) is 17.5 Å². The maximum Gasteiger partial charge on any atom is 0.246 e. The monoisotopic (exact) mass is 373 g/mol. The lowest BCUT2D eigenvalue weighted by atomic mass is 9.70. The standard InChI is InChI=1S/C24H23NO3/c1-15-9-11-17(12-10-15)25-18-13-24(2,3)14-19(26)21(18)22(27)20(23(25)28)16-7-5-4-6-8-16/h4-12,20H,13-14H2,1-3H3. The van der Waals surface area contributed by atoms with Gasteiger partial charge in [-0.05, 0) is 36.5 Å². The maximum absolute atomic E-state index is 13.6.